The van der Waals surface area contributed by atoms with E-state index < -0.39 is 5.82 Å². The minimum atomic E-state index is -0.596. The fourth-order valence-corrected chi connectivity index (χ4v) is 4.08. The lowest BCUT2D eigenvalue weighted by Crippen LogP contribution is -2.51. The topological polar surface area (TPSA) is 97.0 Å². The van der Waals surface area contributed by atoms with Gasteiger partial charge < -0.3 is 10.2 Å². The molecule has 1 N–H and O–H groups in total. The number of anilines is 2. The van der Waals surface area contributed by atoms with Gasteiger partial charge in [-0.15, -0.1) is 0 Å². The Bertz CT molecular complexity index is 1090. The second-order valence-corrected chi connectivity index (χ2v) is 8.06. The molecule has 2 aromatic rings. The molecule has 1 aliphatic heterocycles. The number of hydrogen-bond donors (Lipinski definition) is 1. The maximum atomic E-state index is 14.3. The van der Waals surface area contributed by atoms with Gasteiger partial charge in [0.25, 0.3) is 5.91 Å². The van der Waals surface area contributed by atoms with Crippen LogP contribution in [0.3, 0.4) is 0 Å². The molecule has 9 heteroatoms. The molecule has 2 heterocycles. The first-order chi connectivity index (χ1) is 15.9. The number of hydrazone groups is 2. The summed E-state index contributed by atoms with van der Waals surface area (Å²) in [6, 6.07) is 8.37. The highest BCUT2D eigenvalue weighted by Gasteiger charge is 2.34. The predicted molar refractivity (Wildman–Crippen MR) is 128 cm³/mol. The summed E-state index contributed by atoms with van der Waals surface area (Å²) in [5.74, 6) is -0.469. The summed E-state index contributed by atoms with van der Waals surface area (Å²) >= 11 is 0. The molecule has 1 aromatic carbocycles. The van der Waals surface area contributed by atoms with Crippen molar-refractivity contribution in [1.82, 2.24) is 9.88 Å². The number of piperidine rings is 1. The summed E-state index contributed by atoms with van der Waals surface area (Å²) in [5, 5.41) is 21.4. The van der Waals surface area contributed by atoms with E-state index in [9.17, 15) is 9.18 Å². The van der Waals surface area contributed by atoms with Gasteiger partial charge in [-0.25, -0.2) is 9.37 Å². The lowest BCUT2D eigenvalue weighted by Gasteiger charge is -2.40. The molecule has 1 fully saturated rings. The number of hydrogen-bond acceptors (Lipinski definition) is 7. The minimum absolute atomic E-state index is 0.0646. The van der Waals surface area contributed by atoms with E-state index in [1.807, 2.05) is 30.0 Å². The van der Waals surface area contributed by atoms with E-state index in [1.54, 1.807) is 19.2 Å². The number of nitrogens with one attached hydrogen (secondary N) is 1. The normalized spacial score (nSPS) is 18.1. The first-order valence-electron chi connectivity index (χ1n) is 10.9. The van der Waals surface area contributed by atoms with Crippen molar-refractivity contribution in [3.8, 4) is 6.07 Å². The molecule has 0 spiro atoms. The number of amides is 1. The molecule has 1 aliphatic rings. The lowest BCUT2D eigenvalue weighted by molar-refractivity contribution is 0.0540. The van der Waals surface area contributed by atoms with Gasteiger partial charge in [-0.05, 0) is 50.8 Å². The standard InChI is InChI=1S/C24H28FN7O/c1-5-30-32(27-4)21-9-8-16(2)11-19(21)24(33)31-10-6-7-17(3)22(31)15-29-23-20(25)12-18(13-26)14-28-23/h5,8-9,11-12,14,17,22H,4,6-7,10,15H2,1-3H3,(H,28,29)/b30-5-/t17-,22-/m1/s1. The average molecular weight is 450 g/mol. The van der Waals surface area contributed by atoms with Crippen LogP contribution in [-0.2, 0) is 0 Å². The number of aromatic nitrogens is 1. The van der Waals surface area contributed by atoms with Crippen molar-refractivity contribution in [2.75, 3.05) is 23.5 Å². The van der Waals surface area contributed by atoms with Gasteiger partial charge in [0.2, 0.25) is 0 Å². The fraction of sp³-hybridized carbons (Fsp3) is 0.375. The fourth-order valence-electron chi connectivity index (χ4n) is 4.08. The highest BCUT2D eigenvalue weighted by molar-refractivity contribution is 6.00. The molecule has 8 nitrogen and oxygen atoms in total. The van der Waals surface area contributed by atoms with Crippen molar-refractivity contribution < 1.29 is 9.18 Å². The Balaban J connectivity index is 1.89. The van der Waals surface area contributed by atoms with E-state index in [0.29, 0.717) is 24.3 Å². The molecule has 33 heavy (non-hydrogen) atoms. The van der Waals surface area contributed by atoms with Crippen LogP contribution in [0.2, 0.25) is 0 Å². The highest BCUT2D eigenvalue weighted by atomic mass is 19.1. The van der Waals surface area contributed by atoms with Crippen molar-refractivity contribution >= 4 is 30.3 Å². The molecule has 0 unspecified atom stereocenters. The first kappa shape index (κ1) is 23.9. The van der Waals surface area contributed by atoms with Gasteiger partial charge >= 0.3 is 0 Å². The summed E-state index contributed by atoms with van der Waals surface area (Å²) < 4.78 is 14.3. The lowest BCUT2D eigenvalue weighted by atomic mass is 9.89. The summed E-state index contributed by atoms with van der Waals surface area (Å²) in [4.78, 5) is 19.6. The van der Waals surface area contributed by atoms with Crippen molar-refractivity contribution in [2.24, 2.45) is 16.1 Å². The molecular weight excluding hydrogens is 421 g/mol. The minimum Gasteiger partial charge on any atom is -0.366 e. The second-order valence-electron chi connectivity index (χ2n) is 8.06. The molecule has 0 aliphatic carbocycles. The number of rotatable bonds is 7. The number of pyridine rings is 1. The molecule has 3 rings (SSSR count). The second kappa shape index (κ2) is 10.7. The van der Waals surface area contributed by atoms with Gasteiger partial charge in [0.05, 0.1) is 22.9 Å². The van der Waals surface area contributed by atoms with Crippen LogP contribution in [0.5, 0.6) is 0 Å². The molecule has 0 saturated carbocycles. The quantitative estimate of drug-likeness (QED) is 0.505. The van der Waals surface area contributed by atoms with Gasteiger partial charge in [0.15, 0.2) is 11.6 Å². The number of halogens is 1. The number of aryl methyl sites for hydroxylation is 1. The molecule has 1 amide bonds. The van der Waals surface area contributed by atoms with Crippen molar-refractivity contribution in [2.45, 2.75) is 39.7 Å². The molecule has 2 atom stereocenters. The molecule has 172 valence electrons. The Morgan fingerprint density at radius 2 is 2.27 bits per heavy atom. The summed E-state index contributed by atoms with van der Waals surface area (Å²) in [6.45, 7) is 10.3. The molecule has 0 bridgehead atoms. The van der Waals surface area contributed by atoms with E-state index in [-0.39, 0.29) is 29.2 Å². The van der Waals surface area contributed by atoms with E-state index in [1.165, 1.54) is 11.3 Å². The average Bonchev–Trinajstić information content (AvgIpc) is 2.82. The molecular formula is C24H28FN7O. The number of likely N-dealkylation sites (tertiary alicyclic amines) is 1. The Labute approximate surface area is 193 Å². The van der Waals surface area contributed by atoms with E-state index >= 15 is 0 Å². The van der Waals surface area contributed by atoms with Crippen LogP contribution in [0, 0.1) is 30.0 Å². The Morgan fingerprint density at radius 1 is 1.48 bits per heavy atom. The number of nitriles is 1. The number of carbonyl (C=O) groups excluding carboxylic acids is 1. The number of nitrogens with zero attached hydrogens (tertiary/aromatic N) is 6. The van der Waals surface area contributed by atoms with E-state index in [2.05, 4.69) is 34.1 Å². The van der Waals surface area contributed by atoms with Gasteiger partial charge in [-0.2, -0.15) is 20.6 Å². The highest BCUT2D eigenvalue weighted by Crippen LogP contribution is 2.30. The van der Waals surface area contributed by atoms with E-state index in [4.69, 9.17) is 5.26 Å². The number of benzene rings is 1. The van der Waals surface area contributed by atoms with Crippen LogP contribution in [0.1, 0.15) is 48.2 Å². The zero-order chi connectivity index (χ0) is 24.0. The van der Waals surface area contributed by atoms with Crippen LogP contribution < -0.4 is 10.4 Å². The predicted octanol–water partition coefficient (Wildman–Crippen LogP) is 4.18. The Hall–Kier alpha value is -3.80. The van der Waals surface area contributed by atoms with Crippen LogP contribution in [0.15, 0.2) is 40.7 Å². The molecule has 1 aromatic heterocycles. The van der Waals surface area contributed by atoms with Crippen LogP contribution >= 0.6 is 0 Å². The van der Waals surface area contributed by atoms with Crippen LogP contribution in [0.4, 0.5) is 15.9 Å². The maximum absolute atomic E-state index is 14.3. The van der Waals surface area contributed by atoms with Gasteiger partial charge in [0.1, 0.15) is 6.07 Å². The molecule has 0 radical (unpaired) electrons. The third-order valence-corrected chi connectivity index (χ3v) is 5.78. The third-order valence-electron chi connectivity index (χ3n) is 5.78. The monoisotopic (exact) mass is 449 g/mol. The van der Waals surface area contributed by atoms with Crippen molar-refractivity contribution in [3.05, 3.63) is 53.0 Å². The van der Waals surface area contributed by atoms with E-state index in [0.717, 1.165) is 24.5 Å². The zero-order valence-corrected chi connectivity index (χ0v) is 19.1. The largest absolute Gasteiger partial charge is 0.366 e. The summed E-state index contributed by atoms with van der Waals surface area (Å²) in [7, 11) is 0. The third kappa shape index (κ3) is 5.34. The van der Waals surface area contributed by atoms with Crippen molar-refractivity contribution in [3.63, 3.8) is 0 Å². The number of carbonyl (C=O) groups is 1. The van der Waals surface area contributed by atoms with Crippen molar-refractivity contribution in [1.29, 1.82) is 5.26 Å². The van der Waals surface area contributed by atoms with Crippen LogP contribution in [-0.4, -0.2) is 47.9 Å². The van der Waals surface area contributed by atoms with Gasteiger partial charge in [-0.1, -0.05) is 18.6 Å². The zero-order valence-electron chi connectivity index (χ0n) is 19.1. The summed E-state index contributed by atoms with van der Waals surface area (Å²) in [5.41, 5.74) is 2.12. The van der Waals surface area contributed by atoms with Gasteiger partial charge in [-0.3, -0.25) is 4.79 Å². The smallest absolute Gasteiger partial charge is 0.256 e. The molecule has 1 saturated heterocycles. The summed E-state index contributed by atoms with van der Waals surface area (Å²) in [6.07, 6.45) is 4.74. The Morgan fingerprint density at radius 3 is 2.94 bits per heavy atom. The first-order valence-corrected chi connectivity index (χ1v) is 10.9. The van der Waals surface area contributed by atoms with Gasteiger partial charge in [0, 0.05) is 32.2 Å². The van der Waals surface area contributed by atoms with Crippen LogP contribution in [0.25, 0.3) is 0 Å². The SMILES string of the molecule is C=NN(/N=C\C)c1ccc(C)cc1C(=O)N1CCC[C@@H](C)[C@H]1CNc1ncc(C#N)cc1F. The maximum Gasteiger partial charge on any atom is 0.256 e. The Kier molecular flexibility index (Phi) is 7.72.